The first-order chi connectivity index (χ1) is 7.95. The number of hydrogen-bond acceptors (Lipinski definition) is 5. The number of amides is 1. The van der Waals surface area contributed by atoms with Gasteiger partial charge >= 0.3 is 5.97 Å². The summed E-state index contributed by atoms with van der Waals surface area (Å²) in [6, 6.07) is 0.464. The summed E-state index contributed by atoms with van der Waals surface area (Å²) >= 11 is 11.3. The lowest BCUT2D eigenvalue weighted by atomic mass is 10.2. The number of rotatable bonds is 3. The van der Waals surface area contributed by atoms with E-state index in [2.05, 4.69) is 20.3 Å². The predicted molar refractivity (Wildman–Crippen MR) is 61.0 cm³/mol. The number of carbonyl (C=O) groups is 2. The van der Waals surface area contributed by atoms with Crippen molar-refractivity contribution in [2.45, 2.75) is 13.0 Å². The Morgan fingerprint density at radius 2 is 2.06 bits per heavy atom. The van der Waals surface area contributed by atoms with Crippen LogP contribution in [0.3, 0.4) is 0 Å². The highest BCUT2D eigenvalue weighted by Gasteiger charge is 2.19. The molecule has 0 radical (unpaired) electrons. The third-order valence-corrected chi connectivity index (χ3v) is 2.33. The molecule has 0 bridgehead atoms. The lowest BCUT2D eigenvalue weighted by Gasteiger charge is -2.11. The molecule has 92 valence electrons. The van der Waals surface area contributed by atoms with Crippen molar-refractivity contribution in [2.75, 3.05) is 7.11 Å². The topological polar surface area (TPSA) is 81.2 Å². The van der Waals surface area contributed by atoms with Crippen LogP contribution in [0.1, 0.15) is 17.3 Å². The first-order valence-corrected chi connectivity index (χ1v) is 5.28. The summed E-state index contributed by atoms with van der Waals surface area (Å²) in [5.74, 6) is -1.15. The van der Waals surface area contributed by atoms with E-state index in [1.807, 2.05) is 0 Å². The first-order valence-electron chi connectivity index (χ1n) is 4.53. The summed E-state index contributed by atoms with van der Waals surface area (Å²) in [5, 5.41) is 9.27. The Morgan fingerprint density at radius 1 is 1.41 bits per heavy atom. The van der Waals surface area contributed by atoms with Crippen molar-refractivity contribution >= 4 is 35.1 Å². The minimum Gasteiger partial charge on any atom is -0.467 e. The maximum absolute atomic E-state index is 11.7. The van der Waals surface area contributed by atoms with Crippen LogP contribution >= 0.6 is 23.2 Å². The number of halogens is 2. The first kappa shape index (κ1) is 13.7. The van der Waals surface area contributed by atoms with Crippen LogP contribution in [0, 0.1) is 0 Å². The molecule has 1 heterocycles. The maximum atomic E-state index is 11.7. The molecule has 0 saturated heterocycles. The maximum Gasteiger partial charge on any atom is 0.328 e. The van der Waals surface area contributed by atoms with E-state index in [1.54, 1.807) is 0 Å². The number of carbonyl (C=O) groups excluding carboxylic acids is 2. The molecule has 0 saturated carbocycles. The summed E-state index contributed by atoms with van der Waals surface area (Å²) in [6.45, 7) is 1.48. The van der Waals surface area contributed by atoms with E-state index in [9.17, 15) is 9.59 Å². The fourth-order valence-corrected chi connectivity index (χ4v) is 1.35. The van der Waals surface area contributed by atoms with E-state index in [0.29, 0.717) is 0 Å². The molecule has 17 heavy (non-hydrogen) atoms. The van der Waals surface area contributed by atoms with Gasteiger partial charge in [-0.2, -0.15) is 0 Å². The lowest BCUT2D eigenvalue weighted by Crippen LogP contribution is -2.39. The second-order valence-corrected chi connectivity index (χ2v) is 3.84. The van der Waals surface area contributed by atoms with Crippen molar-refractivity contribution in [1.82, 2.24) is 15.5 Å². The highest BCUT2D eigenvalue weighted by atomic mass is 35.5. The van der Waals surface area contributed by atoms with Gasteiger partial charge in [0.15, 0.2) is 10.3 Å². The highest BCUT2D eigenvalue weighted by Crippen LogP contribution is 2.15. The number of nitrogens with one attached hydrogen (secondary N) is 1. The van der Waals surface area contributed by atoms with Crippen LogP contribution in [0.5, 0.6) is 0 Å². The Kier molecular flexibility index (Phi) is 4.65. The molecule has 0 spiro atoms. The molecule has 1 N–H and O–H groups in total. The van der Waals surface area contributed by atoms with Crippen LogP contribution in [0.2, 0.25) is 10.3 Å². The zero-order valence-electron chi connectivity index (χ0n) is 9.03. The minimum atomic E-state index is -0.796. The molecule has 1 atom stereocenters. The number of esters is 1. The molecule has 8 heteroatoms. The molecule has 0 unspecified atom stereocenters. The normalized spacial score (nSPS) is 11.8. The van der Waals surface area contributed by atoms with Crippen LogP contribution in [0.15, 0.2) is 6.07 Å². The van der Waals surface area contributed by atoms with E-state index < -0.39 is 17.9 Å². The number of methoxy groups -OCH3 is 1. The van der Waals surface area contributed by atoms with E-state index in [0.717, 1.165) is 0 Å². The van der Waals surface area contributed by atoms with Gasteiger partial charge in [0, 0.05) is 0 Å². The molecule has 6 nitrogen and oxygen atoms in total. The standard InChI is InChI=1S/C9H9Cl2N3O3/c1-4(9(16)17-2)12-8(15)5-3-6(10)13-14-7(5)11/h3-4H,1-2H3,(H,12,15)/t4-/m0/s1. The van der Waals surface area contributed by atoms with Crippen molar-refractivity contribution in [3.8, 4) is 0 Å². The molecule has 0 aliphatic rings. The van der Waals surface area contributed by atoms with Crippen LogP contribution in [0.25, 0.3) is 0 Å². The predicted octanol–water partition coefficient (Wildman–Crippen LogP) is 1.07. The Hall–Kier alpha value is -1.40. The van der Waals surface area contributed by atoms with Gasteiger partial charge in [0.1, 0.15) is 6.04 Å². The van der Waals surface area contributed by atoms with Crippen LogP contribution in [-0.2, 0) is 9.53 Å². The summed E-state index contributed by atoms with van der Waals surface area (Å²) in [4.78, 5) is 22.8. The van der Waals surface area contributed by atoms with Gasteiger partial charge in [-0.1, -0.05) is 23.2 Å². The second-order valence-electron chi connectivity index (χ2n) is 3.09. The van der Waals surface area contributed by atoms with Crippen LogP contribution < -0.4 is 5.32 Å². The lowest BCUT2D eigenvalue weighted by molar-refractivity contribution is -0.142. The van der Waals surface area contributed by atoms with Gasteiger partial charge in [0.25, 0.3) is 5.91 Å². The fourth-order valence-electron chi connectivity index (χ4n) is 1.02. The van der Waals surface area contributed by atoms with Gasteiger partial charge in [-0.15, -0.1) is 10.2 Å². The smallest absolute Gasteiger partial charge is 0.328 e. The molecule has 0 aliphatic carbocycles. The molecule has 0 fully saturated rings. The van der Waals surface area contributed by atoms with Crippen LogP contribution in [0.4, 0.5) is 0 Å². The summed E-state index contributed by atoms with van der Waals surface area (Å²) < 4.78 is 4.46. The van der Waals surface area contributed by atoms with Crippen LogP contribution in [-0.4, -0.2) is 35.2 Å². The van der Waals surface area contributed by atoms with Gasteiger partial charge in [0.05, 0.1) is 12.7 Å². The van der Waals surface area contributed by atoms with Crippen molar-refractivity contribution in [1.29, 1.82) is 0 Å². The quantitative estimate of drug-likeness (QED) is 0.836. The largest absolute Gasteiger partial charge is 0.467 e. The van der Waals surface area contributed by atoms with Gasteiger partial charge in [-0.05, 0) is 13.0 Å². The number of ether oxygens (including phenoxy) is 1. The van der Waals surface area contributed by atoms with Crippen molar-refractivity contribution in [3.63, 3.8) is 0 Å². The third-order valence-electron chi connectivity index (χ3n) is 1.87. The minimum absolute atomic E-state index is 0.0327. The molecule has 0 aliphatic heterocycles. The Labute approximate surface area is 107 Å². The monoisotopic (exact) mass is 277 g/mol. The highest BCUT2D eigenvalue weighted by molar-refractivity contribution is 6.34. The van der Waals surface area contributed by atoms with Gasteiger partial charge in [-0.3, -0.25) is 4.79 Å². The number of nitrogens with zero attached hydrogens (tertiary/aromatic N) is 2. The molecule has 1 rings (SSSR count). The SMILES string of the molecule is COC(=O)[C@H](C)NC(=O)c1cc(Cl)nnc1Cl. The summed E-state index contributed by atoms with van der Waals surface area (Å²) in [5.41, 5.74) is 0.0439. The van der Waals surface area contributed by atoms with Gasteiger partial charge < -0.3 is 10.1 Å². The third kappa shape index (κ3) is 3.54. The second kappa shape index (κ2) is 5.79. The van der Waals surface area contributed by atoms with Crippen molar-refractivity contribution in [2.24, 2.45) is 0 Å². The zero-order valence-corrected chi connectivity index (χ0v) is 10.5. The van der Waals surface area contributed by atoms with E-state index in [-0.39, 0.29) is 15.9 Å². The average Bonchev–Trinajstić information content (AvgIpc) is 2.30. The Balaban J connectivity index is 2.83. The van der Waals surface area contributed by atoms with Crippen molar-refractivity contribution < 1.29 is 14.3 Å². The molecule has 1 aromatic rings. The Bertz CT molecular complexity index is 453. The summed E-state index contributed by atoms with van der Waals surface area (Å²) in [6.07, 6.45) is 0. The molecule has 0 aromatic carbocycles. The summed E-state index contributed by atoms with van der Waals surface area (Å²) in [7, 11) is 1.23. The average molecular weight is 278 g/mol. The van der Waals surface area contributed by atoms with Gasteiger partial charge in [-0.25, -0.2) is 4.79 Å². The molecular formula is C9H9Cl2N3O3. The zero-order chi connectivity index (χ0) is 13.0. The molecular weight excluding hydrogens is 269 g/mol. The molecule has 1 aromatic heterocycles. The fraction of sp³-hybridized carbons (Fsp3) is 0.333. The number of hydrogen-bond donors (Lipinski definition) is 1. The molecule has 1 amide bonds. The van der Waals surface area contributed by atoms with Gasteiger partial charge in [0.2, 0.25) is 0 Å². The number of aromatic nitrogens is 2. The Morgan fingerprint density at radius 3 is 2.65 bits per heavy atom. The van der Waals surface area contributed by atoms with E-state index in [1.165, 1.54) is 20.1 Å². The van der Waals surface area contributed by atoms with E-state index >= 15 is 0 Å². The van der Waals surface area contributed by atoms with Crippen molar-refractivity contribution in [3.05, 3.63) is 21.9 Å². The van der Waals surface area contributed by atoms with E-state index in [4.69, 9.17) is 23.2 Å².